The molecule has 0 unspecified atom stereocenters. The lowest BCUT2D eigenvalue weighted by atomic mass is 10.1. The van der Waals surface area contributed by atoms with E-state index in [1.807, 2.05) is 26.0 Å². The molecule has 0 aromatic heterocycles. The molecule has 2 N–H and O–H groups in total. The van der Waals surface area contributed by atoms with Crippen LogP contribution in [0.15, 0.2) is 48.5 Å². The van der Waals surface area contributed by atoms with Gasteiger partial charge < -0.3 is 10.6 Å². The van der Waals surface area contributed by atoms with Crippen LogP contribution >= 0.6 is 0 Å². The number of hydrogen-bond donors (Lipinski definition) is 2. The topological polar surface area (TPSA) is 58.2 Å². The Morgan fingerprint density at radius 3 is 2.29 bits per heavy atom. The van der Waals surface area contributed by atoms with Crippen LogP contribution in [0.1, 0.15) is 33.2 Å². The summed E-state index contributed by atoms with van der Waals surface area (Å²) >= 11 is 0. The molecule has 0 aliphatic carbocycles. The smallest absolute Gasteiger partial charge is 0.255 e. The van der Waals surface area contributed by atoms with Crippen LogP contribution in [0.5, 0.6) is 0 Å². The molecule has 0 aliphatic heterocycles. The fourth-order valence-corrected chi connectivity index (χ4v) is 1.95. The van der Waals surface area contributed by atoms with Crippen molar-refractivity contribution in [3.63, 3.8) is 0 Å². The van der Waals surface area contributed by atoms with Crippen molar-refractivity contribution in [2.45, 2.75) is 13.8 Å². The average Bonchev–Trinajstić information content (AvgIpc) is 2.48. The van der Waals surface area contributed by atoms with Gasteiger partial charge in [0.1, 0.15) is 0 Å². The van der Waals surface area contributed by atoms with Crippen LogP contribution in [-0.2, 0) is 0 Å². The van der Waals surface area contributed by atoms with Gasteiger partial charge in [-0.15, -0.1) is 0 Å². The van der Waals surface area contributed by atoms with Crippen molar-refractivity contribution in [2.75, 3.05) is 11.9 Å². The Kier molecular flexibility index (Phi) is 4.72. The summed E-state index contributed by atoms with van der Waals surface area (Å²) in [6.07, 6.45) is 0. The van der Waals surface area contributed by atoms with E-state index in [0.29, 0.717) is 23.4 Å². The molecule has 4 nitrogen and oxygen atoms in total. The van der Waals surface area contributed by atoms with Gasteiger partial charge in [0.2, 0.25) is 0 Å². The lowest BCUT2D eigenvalue weighted by molar-refractivity contribution is 0.0956. The highest BCUT2D eigenvalue weighted by Gasteiger charge is 2.13. The molecule has 0 saturated carbocycles. The van der Waals surface area contributed by atoms with Crippen molar-refractivity contribution in [3.05, 3.63) is 65.2 Å². The van der Waals surface area contributed by atoms with Crippen LogP contribution in [0.2, 0.25) is 0 Å². The monoisotopic (exact) mass is 282 g/mol. The summed E-state index contributed by atoms with van der Waals surface area (Å²) in [6, 6.07) is 14.3. The molecule has 0 spiro atoms. The predicted molar refractivity (Wildman–Crippen MR) is 83.6 cm³/mol. The molecule has 108 valence electrons. The quantitative estimate of drug-likeness (QED) is 0.905. The highest BCUT2D eigenvalue weighted by Crippen LogP contribution is 2.16. The SMILES string of the molecule is CCNC(=O)c1ccccc1NC(=O)c1ccc(C)cc1. The second-order valence-electron chi connectivity index (χ2n) is 4.73. The van der Waals surface area contributed by atoms with E-state index >= 15 is 0 Å². The molecule has 2 rings (SSSR count). The number of rotatable bonds is 4. The largest absolute Gasteiger partial charge is 0.352 e. The molecule has 0 bridgehead atoms. The van der Waals surface area contributed by atoms with Crippen molar-refractivity contribution in [2.24, 2.45) is 0 Å². The van der Waals surface area contributed by atoms with E-state index in [0.717, 1.165) is 5.56 Å². The number of amides is 2. The molecule has 0 heterocycles. The van der Waals surface area contributed by atoms with E-state index in [1.54, 1.807) is 36.4 Å². The van der Waals surface area contributed by atoms with Gasteiger partial charge in [-0.1, -0.05) is 29.8 Å². The molecule has 0 aliphatic rings. The lowest BCUT2D eigenvalue weighted by Crippen LogP contribution is -2.24. The Balaban J connectivity index is 2.21. The first-order valence-electron chi connectivity index (χ1n) is 6.87. The standard InChI is InChI=1S/C17H18N2O2/c1-3-18-17(21)14-6-4-5-7-15(14)19-16(20)13-10-8-12(2)9-11-13/h4-11H,3H2,1-2H3,(H,18,21)(H,19,20). The number of para-hydroxylation sites is 1. The van der Waals surface area contributed by atoms with Crippen LogP contribution in [0.3, 0.4) is 0 Å². The first-order chi connectivity index (χ1) is 10.1. The molecule has 2 amide bonds. The van der Waals surface area contributed by atoms with E-state index in [1.165, 1.54) is 0 Å². The van der Waals surface area contributed by atoms with Crippen LogP contribution in [-0.4, -0.2) is 18.4 Å². The van der Waals surface area contributed by atoms with Crippen molar-refractivity contribution in [1.82, 2.24) is 5.32 Å². The fraction of sp³-hybridized carbons (Fsp3) is 0.176. The molecule has 21 heavy (non-hydrogen) atoms. The van der Waals surface area contributed by atoms with Gasteiger partial charge in [0.05, 0.1) is 11.3 Å². The number of carbonyl (C=O) groups is 2. The maximum atomic E-state index is 12.2. The van der Waals surface area contributed by atoms with Crippen molar-refractivity contribution in [3.8, 4) is 0 Å². The minimum Gasteiger partial charge on any atom is -0.352 e. The lowest BCUT2D eigenvalue weighted by Gasteiger charge is -2.11. The summed E-state index contributed by atoms with van der Waals surface area (Å²) in [7, 11) is 0. The van der Waals surface area contributed by atoms with E-state index < -0.39 is 0 Å². The number of anilines is 1. The van der Waals surface area contributed by atoms with Crippen LogP contribution in [0.25, 0.3) is 0 Å². The molecular weight excluding hydrogens is 264 g/mol. The van der Waals surface area contributed by atoms with Gasteiger partial charge in [0.15, 0.2) is 0 Å². The molecule has 0 saturated heterocycles. The predicted octanol–water partition coefficient (Wildman–Crippen LogP) is 3.00. The second-order valence-corrected chi connectivity index (χ2v) is 4.73. The van der Waals surface area contributed by atoms with Gasteiger partial charge in [0, 0.05) is 12.1 Å². The number of nitrogens with one attached hydrogen (secondary N) is 2. The highest BCUT2D eigenvalue weighted by atomic mass is 16.2. The molecular formula is C17H18N2O2. The maximum absolute atomic E-state index is 12.2. The maximum Gasteiger partial charge on any atom is 0.255 e. The highest BCUT2D eigenvalue weighted by molar-refractivity contribution is 6.08. The fourth-order valence-electron chi connectivity index (χ4n) is 1.95. The van der Waals surface area contributed by atoms with E-state index in [2.05, 4.69) is 10.6 Å². The molecule has 2 aromatic carbocycles. The van der Waals surface area contributed by atoms with E-state index in [4.69, 9.17) is 0 Å². The summed E-state index contributed by atoms with van der Waals surface area (Å²) in [6.45, 7) is 4.36. The van der Waals surface area contributed by atoms with Crippen LogP contribution < -0.4 is 10.6 Å². The number of aryl methyl sites for hydroxylation is 1. The van der Waals surface area contributed by atoms with E-state index in [-0.39, 0.29) is 11.8 Å². The molecule has 0 fully saturated rings. The van der Waals surface area contributed by atoms with Gasteiger partial charge in [-0.05, 0) is 38.1 Å². The average molecular weight is 282 g/mol. The molecule has 4 heteroatoms. The van der Waals surface area contributed by atoms with Gasteiger partial charge in [-0.2, -0.15) is 0 Å². The van der Waals surface area contributed by atoms with Crippen LogP contribution in [0.4, 0.5) is 5.69 Å². The minimum atomic E-state index is -0.230. The Morgan fingerprint density at radius 2 is 1.62 bits per heavy atom. The number of carbonyl (C=O) groups excluding carboxylic acids is 2. The summed E-state index contributed by atoms with van der Waals surface area (Å²) in [4.78, 5) is 24.2. The van der Waals surface area contributed by atoms with Crippen LogP contribution in [0, 0.1) is 6.92 Å². The summed E-state index contributed by atoms with van der Waals surface area (Å²) in [5.41, 5.74) is 2.62. The first-order valence-corrected chi connectivity index (χ1v) is 6.87. The van der Waals surface area contributed by atoms with Gasteiger partial charge in [0.25, 0.3) is 11.8 Å². The Bertz CT molecular complexity index is 648. The Hall–Kier alpha value is -2.62. The zero-order valence-electron chi connectivity index (χ0n) is 12.1. The molecule has 0 radical (unpaired) electrons. The number of benzene rings is 2. The Morgan fingerprint density at radius 1 is 0.952 bits per heavy atom. The zero-order chi connectivity index (χ0) is 15.2. The summed E-state index contributed by atoms with van der Waals surface area (Å²) in [5.74, 6) is -0.427. The van der Waals surface area contributed by atoms with Crippen molar-refractivity contribution < 1.29 is 9.59 Å². The molecule has 0 atom stereocenters. The third-order valence-electron chi connectivity index (χ3n) is 3.07. The minimum absolute atomic E-state index is 0.197. The third kappa shape index (κ3) is 3.69. The molecule has 2 aromatic rings. The summed E-state index contributed by atoms with van der Waals surface area (Å²) < 4.78 is 0. The van der Waals surface area contributed by atoms with E-state index in [9.17, 15) is 9.59 Å². The zero-order valence-corrected chi connectivity index (χ0v) is 12.1. The number of hydrogen-bond acceptors (Lipinski definition) is 2. The van der Waals surface area contributed by atoms with Gasteiger partial charge >= 0.3 is 0 Å². The Labute approximate surface area is 124 Å². The second kappa shape index (κ2) is 6.70. The normalized spacial score (nSPS) is 10.0. The first kappa shape index (κ1) is 14.8. The van der Waals surface area contributed by atoms with Crippen molar-refractivity contribution in [1.29, 1.82) is 0 Å². The van der Waals surface area contributed by atoms with Gasteiger partial charge in [-0.25, -0.2) is 0 Å². The van der Waals surface area contributed by atoms with Crippen molar-refractivity contribution >= 4 is 17.5 Å². The third-order valence-corrected chi connectivity index (χ3v) is 3.07. The summed E-state index contributed by atoms with van der Waals surface area (Å²) in [5, 5.41) is 5.52. The van der Waals surface area contributed by atoms with Gasteiger partial charge in [-0.3, -0.25) is 9.59 Å².